The summed E-state index contributed by atoms with van der Waals surface area (Å²) in [6.45, 7) is 7.35. The number of ether oxygens (including phenoxy) is 1. The highest BCUT2D eigenvalue weighted by atomic mass is 16.5. The fourth-order valence-electron chi connectivity index (χ4n) is 2.99. The van der Waals surface area contributed by atoms with Gasteiger partial charge in [-0.05, 0) is 55.2 Å². The highest BCUT2D eigenvalue weighted by Gasteiger charge is 2.11. The minimum Gasteiger partial charge on any atom is -0.423 e. The van der Waals surface area contributed by atoms with Gasteiger partial charge in [0.2, 0.25) is 0 Å². The number of unbranched alkanes of at least 4 members (excludes halogenated alkanes) is 2. The number of rotatable bonds is 7. The van der Waals surface area contributed by atoms with Crippen molar-refractivity contribution >= 4 is 16.9 Å². The van der Waals surface area contributed by atoms with Crippen molar-refractivity contribution in [2.24, 2.45) is 0 Å². The molecule has 28 heavy (non-hydrogen) atoms. The molecule has 0 saturated heterocycles. The van der Waals surface area contributed by atoms with Crippen LogP contribution in [-0.2, 0) is 11.2 Å². The fourth-order valence-corrected chi connectivity index (χ4v) is 2.99. The normalized spacial score (nSPS) is 10.8. The molecule has 1 heterocycles. The first-order valence-electron chi connectivity index (χ1n) is 9.53. The SMILES string of the molecule is C=C(C)C(=O)Oc1ccc2oc(=O)c(-c3ccc(CCCCC)cc3)cc2c1. The van der Waals surface area contributed by atoms with Gasteiger partial charge in [0.15, 0.2) is 0 Å². The highest BCUT2D eigenvalue weighted by Crippen LogP contribution is 2.25. The summed E-state index contributed by atoms with van der Waals surface area (Å²) in [5, 5.41) is 0.689. The topological polar surface area (TPSA) is 56.5 Å². The van der Waals surface area contributed by atoms with Crippen LogP contribution in [0.25, 0.3) is 22.1 Å². The minimum atomic E-state index is -0.490. The number of fused-ring (bicyclic) bond motifs is 1. The van der Waals surface area contributed by atoms with Crippen molar-refractivity contribution in [3.05, 3.63) is 76.7 Å². The third-order valence-electron chi connectivity index (χ3n) is 4.60. The van der Waals surface area contributed by atoms with Crippen LogP contribution in [0.4, 0.5) is 0 Å². The van der Waals surface area contributed by atoms with Crippen molar-refractivity contribution in [1.82, 2.24) is 0 Å². The zero-order valence-electron chi connectivity index (χ0n) is 16.3. The van der Waals surface area contributed by atoms with Crippen LogP contribution in [0.15, 0.2) is 69.9 Å². The summed E-state index contributed by atoms with van der Waals surface area (Å²) in [6, 6.07) is 14.7. The Hall–Kier alpha value is -3.14. The fraction of sp³-hybridized carbons (Fsp3) is 0.250. The van der Waals surface area contributed by atoms with Crippen LogP contribution < -0.4 is 10.4 Å². The molecule has 2 aromatic carbocycles. The first kappa shape index (κ1) is 19.6. The number of carbonyl (C=O) groups excluding carboxylic acids is 1. The maximum atomic E-state index is 12.4. The molecular weight excluding hydrogens is 352 g/mol. The number of benzene rings is 2. The van der Waals surface area contributed by atoms with Gasteiger partial charge in [-0.1, -0.05) is 50.6 Å². The van der Waals surface area contributed by atoms with Crippen LogP contribution in [0, 0.1) is 0 Å². The average Bonchev–Trinajstić information content (AvgIpc) is 2.68. The lowest BCUT2D eigenvalue weighted by molar-refractivity contribution is -0.130. The van der Waals surface area contributed by atoms with Gasteiger partial charge in [0.05, 0.1) is 5.56 Å². The van der Waals surface area contributed by atoms with Gasteiger partial charge in [-0.25, -0.2) is 9.59 Å². The van der Waals surface area contributed by atoms with Gasteiger partial charge in [-0.2, -0.15) is 0 Å². The van der Waals surface area contributed by atoms with Crippen molar-refractivity contribution in [1.29, 1.82) is 0 Å². The van der Waals surface area contributed by atoms with Crippen LogP contribution in [0.5, 0.6) is 5.75 Å². The molecule has 1 aromatic heterocycles. The Balaban J connectivity index is 1.90. The predicted molar refractivity (Wildman–Crippen MR) is 112 cm³/mol. The molecule has 0 saturated carbocycles. The van der Waals surface area contributed by atoms with Gasteiger partial charge in [0.1, 0.15) is 11.3 Å². The number of esters is 1. The standard InChI is InChI=1S/C24H24O4/c1-4-5-6-7-17-8-10-18(11-9-17)21-15-19-14-20(27-23(25)16(2)3)12-13-22(19)28-24(21)26/h8-15H,2,4-7H2,1,3H3. The summed E-state index contributed by atoms with van der Waals surface area (Å²) in [5.41, 5.74) is 2.92. The van der Waals surface area contributed by atoms with Crippen molar-refractivity contribution in [2.45, 2.75) is 39.5 Å². The largest absolute Gasteiger partial charge is 0.423 e. The number of carbonyl (C=O) groups is 1. The molecule has 0 N–H and O–H groups in total. The van der Waals surface area contributed by atoms with Crippen molar-refractivity contribution in [3.63, 3.8) is 0 Å². The van der Waals surface area contributed by atoms with E-state index >= 15 is 0 Å². The van der Waals surface area contributed by atoms with Crippen LogP contribution >= 0.6 is 0 Å². The summed E-state index contributed by atoms with van der Waals surface area (Å²) in [6.07, 6.45) is 4.62. The van der Waals surface area contributed by atoms with Crippen molar-refractivity contribution in [2.75, 3.05) is 0 Å². The van der Waals surface area contributed by atoms with Crippen LogP contribution in [0.1, 0.15) is 38.7 Å². The molecule has 0 atom stereocenters. The van der Waals surface area contributed by atoms with Gasteiger partial charge >= 0.3 is 11.6 Å². The molecular formula is C24H24O4. The van der Waals surface area contributed by atoms with E-state index in [1.165, 1.54) is 24.8 Å². The predicted octanol–water partition coefficient (Wildman–Crippen LogP) is 5.67. The molecule has 0 bridgehead atoms. The molecule has 0 fully saturated rings. The van der Waals surface area contributed by atoms with Crippen LogP contribution in [-0.4, -0.2) is 5.97 Å². The zero-order valence-corrected chi connectivity index (χ0v) is 16.3. The maximum absolute atomic E-state index is 12.4. The van der Waals surface area contributed by atoms with Crippen LogP contribution in [0.2, 0.25) is 0 Å². The van der Waals surface area contributed by atoms with E-state index < -0.39 is 11.6 Å². The molecule has 0 aliphatic rings. The second-order valence-corrected chi connectivity index (χ2v) is 6.97. The molecule has 0 spiro atoms. The molecule has 0 aliphatic carbocycles. The van der Waals surface area contributed by atoms with Gasteiger partial charge in [-0.15, -0.1) is 0 Å². The summed E-state index contributed by atoms with van der Waals surface area (Å²) >= 11 is 0. The van der Waals surface area contributed by atoms with Gasteiger partial charge < -0.3 is 9.15 Å². The molecule has 0 aliphatic heterocycles. The third-order valence-corrected chi connectivity index (χ3v) is 4.60. The quantitative estimate of drug-likeness (QED) is 0.175. The Kier molecular flexibility index (Phi) is 6.09. The van der Waals surface area contributed by atoms with E-state index in [-0.39, 0.29) is 0 Å². The smallest absolute Gasteiger partial charge is 0.344 e. The number of aryl methyl sites for hydroxylation is 1. The van der Waals surface area contributed by atoms with E-state index in [0.717, 1.165) is 12.0 Å². The summed E-state index contributed by atoms with van der Waals surface area (Å²) in [5.74, 6) is -0.109. The molecule has 4 nitrogen and oxygen atoms in total. The first-order chi connectivity index (χ1) is 13.5. The van der Waals surface area contributed by atoms with Crippen LogP contribution in [0.3, 0.4) is 0 Å². The Morgan fingerprint density at radius 3 is 2.50 bits per heavy atom. The monoisotopic (exact) mass is 376 g/mol. The van der Waals surface area contributed by atoms with E-state index in [0.29, 0.717) is 27.9 Å². The lowest BCUT2D eigenvalue weighted by Gasteiger charge is -2.07. The third kappa shape index (κ3) is 4.58. The van der Waals surface area contributed by atoms with E-state index in [2.05, 4.69) is 25.6 Å². The molecule has 0 amide bonds. The Morgan fingerprint density at radius 1 is 1.07 bits per heavy atom. The second kappa shape index (κ2) is 8.70. The maximum Gasteiger partial charge on any atom is 0.344 e. The van der Waals surface area contributed by atoms with E-state index in [9.17, 15) is 9.59 Å². The Bertz CT molecular complexity index is 1060. The molecule has 3 aromatic rings. The molecule has 0 unspecified atom stereocenters. The van der Waals surface area contributed by atoms with Crippen molar-refractivity contribution in [3.8, 4) is 16.9 Å². The van der Waals surface area contributed by atoms with Gasteiger partial charge in [0.25, 0.3) is 0 Å². The Labute approximate surface area is 164 Å². The highest BCUT2D eigenvalue weighted by molar-refractivity contribution is 5.90. The van der Waals surface area contributed by atoms with E-state index in [1.807, 2.05) is 12.1 Å². The molecule has 0 radical (unpaired) electrons. The summed E-state index contributed by atoms with van der Waals surface area (Å²) < 4.78 is 10.7. The number of hydrogen-bond donors (Lipinski definition) is 0. The summed E-state index contributed by atoms with van der Waals surface area (Å²) in [7, 11) is 0. The molecule has 3 rings (SSSR count). The summed E-state index contributed by atoms with van der Waals surface area (Å²) in [4.78, 5) is 24.1. The lowest BCUT2D eigenvalue weighted by Crippen LogP contribution is -2.08. The Morgan fingerprint density at radius 2 is 1.82 bits per heavy atom. The minimum absolute atomic E-state index is 0.319. The second-order valence-electron chi connectivity index (χ2n) is 6.97. The van der Waals surface area contributed by atoms with Gasteiger partial charge in [0, 0.05) is 11.0 Å². The molecule has 4 heteroatoms. The number of hydrogen-bond acceptors (Lipinski definition) is 4. The zero-order chi connectivity index (χ0) is 20.1. The molecule has 144 valence electrons. The average molecular weight is 376 g/mol. The lowest BCUT2D eigenvalue weighted by atomic mass is 10.0. The van der Waals surface area contributed by atoms with Gasteiger partial charge in [-0.3, -0.25) is 0 Å². The first-order valence-corrected chi connectivity index (χ1v) is 9.53. The van der Waals surface area contributed by atoms with Crippen molar-refractivity contribution < 1.29 is 13.9 Å². The van der Waals surface area contributed by atoms with E-state index in [4.69, 9.17) is 9.15 Å². The van der Waals surface area contributed by atoms with E-state index in [1.54, 1.807) is 31.2 Å².